The number of hydrogen-bond acceptors (Lipinski definition) is 3. The van der Waals surface area contributed by atoms with Crippen LogP contribution in [-0.4, -0.2) is 42.9 Å². The fraction of sp³-hybridized carbons (Fsp3) is 0.600. The van der Waals surface area contributed by atoms with Crippen molar-refractivity contribution in [2.24, 2.45) is 11.8 Å². The molecular formula is C20H29NO2. The van der Waals surface area contributed by atoms with Crippen LogP contribution in [-0.2, 0) is 0 Å². The second-order valence-electron chi connectivity index (χ2n) is 7.12. The zero-order chi connectivity index (χ0) is 16.1. The van der Waals surface area contributed by atoms with Crippen LogP contribution in [0.1, 0.15) is 37.7 Å². The molecule has 2 bridgehead atoms. The fourth-order valence-corrected chi connectivity index (χ4v) is 3.98. The molecule has 1 aliphatic heterocycles. The summed E-state index contributed by atoms with van der Waals surface area (Å²) in [7, 11) is 1.67. The Morgan fingerprint density at radius 2 is 2.00 bits per heavy atom. The maximum absolute atomic E-state index is 10.2. The van der Waals surface area contributed by atoms with Gasteiger partial charge in [-0.2, -0.15) is 0 Å². The van der Waals surface area contributed by atoms with E-state index in [1.165, 1.54) is 38.8 Å². The standard InChI is InChI=1S/C20H29NO2/c1-23-20-8-5-16(6-9-20)4-7-19(22)11-13-21-12-10-17-2-3-18(14-17)15-21/h4-9,17-19,22H,2-3,10-15H2,1H3/b7-4+/t17-,18-,19-/m0/s1. The van der Waals surface area contributed by atoms with Gasteiger partial charge in [0, 0.05) is 13.1 Å². The van der Waals surface area contributed by atoms with E-state index in [1.54, 1.807) is 7.11 Å². The number of nitrogens with zero attached hydrogens (tertiary/aromatic N) is 1. The van der Waals surface area contributed by atoms with Crippen molar-refractivity contribution >= 4 is 6.08 Å². The van der Waals surface area contributed by atoms with E-state index < -0.39 is 0 Å². The molecule has 3 atom stereocenters. The zero-order valence-electron chi connectivity index (χ0n) is 14.2. The third-order valence-electron chi connectivity index (χ3n) is 5.39. The van der Waals surface area contributed by atoms with E-state index in [2.05, 4.69) is 4.90 Å². The van der Waals surface area contributed by atoms with Crippen molar-refractivity contribution in [1.29, 1.82) is 0 Å². The van der Waals surface area contributed by atoms with E-state index in [0.717, 1.165) is 36.1 Å². The first-order valence-electron chi connectivity index (χ1n) is 8.95. The average Bonchev–Trinajstić information content (AvgIpc) is 2.92. The van der Waals surface area contributed by atoms with Crippen molar-refractivity contribution in [2.45, 2.75) is 38.2 Å². The Balaban J connectivity index is 1.43. The van der Waals surface area contributed by atoms with Gasteiger partial charge in [0.05, 0.1) is 13.2 Å². The zero-order valence-corrected chi connectivity index (χ0v) is 14.2. The van der Waals surface area contributed by atoms with Gasteiger partial charge in [0.2, 0.25) is 0 Å². The summed E-state index contributed by atoms with van der Waals surface area (Å²) in [5.74, 6) is 2.75. The predicted molar refractivity (Wildman–Crippen MR) is 94.5 cm³/mol. The molecule has 0 radical (unpaired) electrons. The number of ether oxygens (including phenoxy) is 1. The van der Waals surface area contributed by atoms with E-state index in [0.29, 0.717) is 0 Å². The molecule has 3 rings (SSSR count). The van der Waals surface area contributed by atoms with Crippen LogP contribution in [0.5, 0.6) is 5.75 Å². The summed E-state index contributed by atoms with van der Waals surface area (Å²) in [5.41, 5.74) is 1.09. The quantitative estimate of drug-likeness (QED) is 0.871. The molecule has 1 saturated carbocycles. The number of aliphatic hydroxyl groups is 1. The molecule has 0 spiro atoms. The molecule has 1 aliphatic carbocycles. The minimum Gasteiger partial charge on any atom is -0.497 e. The summed E-state index contributed by atoms with van der Waals surface area (Å²) in [5, 5.41) is 10.2. The summed E-state index contributed by atoms with van der Waals surface area (Å²) in [4.78, 5) is 2.56. The van der Waals surface area contributed by atoms with Crippen LogP contribution in [0.3, 0.4) is 0 Å². The molecule has 1 aromatic carbocycles. The van der Waals surface area contributed by atoms with Crippen LogP contribution < -0.4 is 4.74 Å². The molecule has 23 heavy (non-hydrogen) atoms. The molecule has 3 heteroatoms. The monoisotopic (exact) mass is 315 g/mol. The Bertz CT molecular complexity index is 511. The van der Waals surface area contributed by atoms with Crippen LogP contribution in [0, 0.1) is 11.8 Å². The number of methoxy groups -OCH3 is 1. The highest BCUT2D eigenvalue weighted by Crippen LogP contribution is 2.36. The third-order valence-corrected chi connectivity index (χ3v) is 5.39. The topological polar surface area (TPSA) is 32.7 Å². The van der Waals surface area contributed by atoms with Crippen molar-refractivity contribution in [3.63, 3.8) is 0 Å². The predicted octanol–water partition coefficient (Wildman–Crippen LogP) is 3.58. The minimum absolute atomic E-state index is 0.363. The molecule has 0 amide bonds. The maximum Gasteiger partial charge on any atom is 0.118 e. The van der Waals surface area contributed by atoms with Gasteiger partial charge in [0.25, 0.3) is 0 Å². The molecular weight excluding hydrogens is 286 g/mol. The molecule has 1 N–H and O–H groups in total. The van der Waals surface area contributed by atoms with Gasteiger partial charge in [0.15, 0.2) is 0 Å². The SMILES string of the molecule is COc1ccc(/C=C/[C@H](O)CCN2CC[C@@H]3CC[C@@H](C3)C2)cc1. The lowest BCUT2D eigenvalue weighted by molar-refractivity contribution is 0.168. The molecule has 0 unspecified atom stereocenters. The van der Waals surface area contributed by atoms with E-state index in [1.807, 2.05) is 36.4 Å². The number of rotatable bonds is 6. The minimum atomic E-state index is -0.363. The Labute approximate surface area is 140 Å². The van der Waals surface area contributed by atoms with Crippen LogP contribution in [0.25, 0.3) is 6.08 Å². The lowest BCUT2D eigenvalue weighted by Crippen LogP contribution is -2.31. The van der Waals surface area contributed by atoms with Crippen molar-refractivity contribution in [3.8, 4) is 5.75 Å². The van der Waals surface area contributed by atoms with Crippen LogP contribution in [0.4, 0.5) is 0 Å². The highest BCUT2D eigenvalue weighted by atomic mass is 16.5. The van der Waals surface area contributed by atoms with E-state index in [4.69, 9.17) is 4.74 Å². The van der Waals surface area contributed by atoms with Crippen molar-refractivity contribution in [1.82, 2.24) is 4.90 Å². The number of fused-ring (bicyclic) bond motifs is 2. The highest BCUT2D eigenvalue weighted by Gasteiger charge is 2.29. The molecule has 1 heterocycles. The number of aliphatic hydroxyl groups excluding tert-OH is 1. The van der Waals surface area contributed by atoms with Gasteiger partial charge in [0.1, 0.15) is 5.75 Å². The number of hydrogen-bond donors (Lipinski definition) is 1. The first-order valence-corrected chi connectivity index (χ1v) is 8.95. The summed E-state index contributed by atoms with van der Waals surface area (Å²) >= 11 is 0. The summed E-state index contributed by atoms with van der Waals surface area (Å²) in [6, 6.07) is 7.90. The fourth-order valence-electron chi connectivity index (χ4n) is 3.98. The van der Waals surface area contributed by atoms with Gasteiger partial charge in [-0.3, -0.25) is 0 Å². The molecule has 2 fully saturated rings. The Kier molecular flexibility index (Phi) is 5.74. The highest BCUT2D eigenvalue weighted by molar-refractivity contribution is 5.51. The van der Waals surface area contributed by atoms with E-state index >= 15 is 0 Å². The van der Waals surface area contributed by atoms with Gasteiger partial charge in [-0.05, 0) is 61.8 Å². The normalized spacial score (nSPS) is 26.3. The van der Waals surface area contributed by atoms with E-state index in [9.17, 15) is 5.11 Å². The van der Waals surface area contributed by atoms with Crippen LogP contribution >= 0.6 is 0 Å². The van der Waals surface area contributed by atoms with Gasteiger partial charge >= 0.3 is 0 Å². The van der Waals surface area contributed by atoms with Crippen LogP contribution in [0.15, 0.2) is 30.3 Å². The van der Waals surface area contributed by atoms with Crippen molar-refractivity contribution in [3.05, 3.63) is 35.9 Å². The summed E-state index contributed by atoms with van der Waals surface area (Å²) in [6.45, 7) is 3.47. The second-order valence-corrected chi connectivity index (χ2v) is 7.12. The first-order chi connectivity index (χ1) is 11.2. The molecule has 3 nitrogen and oxygen atoms in total. The van der Waals surface area contributed by atoms with Gasteiger partial charge in [-0.25, -0.2) is 0 Å². The maximum atomic E-state index is 10.2. The molecule has 2 aliphatic rings. The van der Waals surface area contributed by atoms with Crippen LogP contribution in [0.2, 0.25) is 0 Å². The largest absolute Gasteiger partial charge is 0.497 e. The molecule has 1 aromatic rings. The Hall–Kier alpha value is -1.32. The lowest BCUT2D eigenvalue weighted by atomic mass is 10.0. The third kappa shape index (κ3) is 4.82. The van der Waals surface area contributed by atoms with Crippen molar-refractivity contribution < 1.29 is 9.84 Å². The molecule has 126 valence electrons. The summed E-state index contributed by atoms with van der Waals surface area (Å²) in [6.07, 6.45) is 10.0. The molecule has 0 aromatic heterocycles. The molecule has 1 saturated heterocycles. The van der Waals surface area contributed by atoms with Gasteiger partial charge < -0.3 is 14.7 Å². The Morgan fingerprint density at radius 1 is 1.22 bits per heavy atom. The smallest absolute Gasteiger partial charge is 0.118 e. The number of benzene rings is 1. The lowest BCUT2D eigenvalue weighted by Gasteiger charge is -2.25. The van der Waals surface area contributed by atoms with Crippen molar-refractivity contribution in [2.75, 3.05) is 26.7 Å². The Morgan fingerprint density at radius 3 is 2.78 bits per heavy atom. The number of likely N-dealkylation sites (tertiary alicyclic amines) is 1. The summed E-state index contributed by atoms with van der Waals surface area (Å²) < 4.78 is 5.15. The van der Waals surface area contributed by atoms with Gasteiger partial charge in [-0.15, -0.1) is 0 Å². The second kappa shape index (κ2) is 7.98. The average molecular weight is 315 g/mol. The van der Waals surface area contributed by atoms with E-state index in [-0.39, 0.29) is 6.10 Å². The van der Waals surface area contributed by atoms with Gasteiger partial charge in [-0.1, -0.05) is 30.7 Å². The first kappa shape index (κ1) is 16.5.